The van der Waals surface area contributed by atoms with E-state index in [1.165, 1.54) is 0 Å². The van der Waals surface area contributed by atoms with Crippen molar-refractivity contribution in [3.8, 4) is 0 Å². The zero-order chi connectivity index (χ0) is 33.3. The third-order valence-corrected chi connectivity index (χ3v) is 5.90. The Morgan fingerprint density at radius 2 is 0.841 bits per heavy atom. The first kappa shape index (κ1) is 36.3. The molecule has 0 aromatic carbocycles. The molecule has 248 valence electrons. The van der Waals surface area contributed by atoms with Gasteiger partial charge in [-0.15, -0.1) is 0 Å². The minimum absolute atomic E-state index is 0.572. The van der Waals surface area contributed by atoms with Crippen LogP contribution in [-0.4, -0.2) is 122 Å². The fraction of sp³-hybridized carbons (Fsp3) is 0.731. The molecular formula is C26H36O18. The third-order valence-electron chi connectivity index (χ3n) is 5.90. The minimum Gasteiger partial charge on any atom is -0.463 e. The van der Waals surface area contributed by atoms with Crippen molar-refractivity contribution in [2.45, 2.75) is 110 Å². The fourth-order valence-electron chi connectivity index (χ4n) is 4.49. The summed E-state index contributed by atoms with van der Waals surface area (Å²) in [6.07, 6.45) is -16.3. The molecule has 18 nitrogen and oxygen atoms in total. The lowest BCUT2D eigenvalue weighted by Crippen LogP contribution is -2.67. The van der Waals surface area contributed by atoms with Crippen molar-refractivity contribution >= 4 is 41.8 Å². The second-order valence-corrected chi connectivity index (χ2v) is 9.68. The highest BCUT2D eigenvalue weighted by molar-refractivity contribution is 5.69. The average Bonchev–Trinajstić information content (AvgIpc) is 2.87. The molecule has 18 heteroatoms. The maximum Gasteiger partial charge on any atom is 0.303 e. The number of hydrogen-bond acceptors (Lipinski definition) is 18. The predicted molar refractivity (Wildman–Crippen MR) is 135 cm³/mol. The Morgan fingerprint density at radius 1 is 0.477 bits per heavy atom. The van der Waals surface area contributed by atoms with Gasteiger partial charge in [-0.05, 0) is 0 Å². The van der Waals surface area contributed by atoms with Crippen molar-refractivity contribution in [2.24, 2.45) is 0 Å². The molecule has 2 aliphatic heterocycles. The van der Waals surface area contributed by atoms with Crippen LogP contribution < -0.4 is 0 Å². The molecule has 0 bridgehead atoms. The number of ether oxygens (including phenoxy) is 10. The molecule has 0 spiro atoms. The molecule has 0 radical (unpaired) electrons. The first-order valence-corrected chi connectivity index (χ1v) is 13.3. The normalized spacial score (nSPS) is 31.5. The number of hydrogen-bond donors (Lipinski definition) is 1. The van der Waals surface area contributed by atoms with Crippen LogP contribution in [-0.2, 0) is 80.9 Å². The fourth-order valence-corrected chi connectivity index (χ4v) is 4.49. The van der Waals surface area contributed by atoms with E-state index in [-0.39, 0.29) is 0 Å². The Labute approximate surface area is 251 Å². The van der Waals surface area contributed by atoms with Gasteiger partial charge in [-0.1, -0.05) is 0 Å². The Hall–Kier alpha value is -3.87. The van der Waals surface area contributed by atoms with Gasteiger partial charge < -0.3 is 52.5 Å². The van der Waals surface area contributed by atoms with E-state index >= 15 is 0 Å². The van der Waals surface area contributed by atoms with E-state index in [2.05, 4.69) is 0 Å². The molecule has 0 saturated carbocycles. The topological polar surface area (TPSA) is 232 Å². The van der Waals surface area contributed by atoms with Crippen molar-refractivity contribution < 1.29 is 86.0 Å². The van der Waals surface area contributed by atoms with E-state index < -0.39 is 116 Å². The molecule has 2 heterocycles. The van der Waals surface area contributed by atoms with Gasteiger partial charge in [-0.25, -0.2) is 0 Å². The molecule has 10 atom stereocenters. The Kier molecular flexibility index (Phi) is 13.4. The van der Waals surface area contributed by atoms with Gasteiger partial charge in [0, 0.05) is 48.5 Å². The zero-order valence-corrected chi connectivity index (χ0v) is 25.1. The van der Waals surface area contributed by atoms with Gasteiger partial charge >= 0.3 is 41.8 Å². The average molecular weight is 637 g/mol. The molecule has 1 N–H and O–H groups in total. The number of aliphatic hydroxyl groups is 1. The number of aliphatic hydroxyl groups excluding tert-OH is 1. The largest absolute Gasteiger partial charge is 0.463 e. The molecule has 44 heavy (non-hydrogen) atoms. The molecule has 0 aliphatic carbocycles. The summed E-state index contributed by atoms with van der Waals surface area (Å²) in [4.78, 5) is 83.5. The summed E-state index contributed by atoms with van der Waals surface area (Å²) >= 11 is 0. The highest BCUT2D eigenvalue weighted by Crippen LogP contribution is 2.34. The van der Waals surface area contributed by atoms with Crippen LogP contribution in [0, 0.1) is 0 Å². The van der Waals surface area contributed by atoms with Crippen LogP contribution >= 0.6 is 0 Å². The highest BCUT2D eigenvalue weighted by atomic mass is 16.8. The van der Waals surface area contributed by atoms with E-state index in [1.807, 2.05) is 0 Å². The number of esters is 7. The lowest BCUT2D eigenvalue weighted by atomic mass is 9.96. The Morgan fingerprint density at radius 3 is 1.27 bits per heavy atom. The molecule has 2 saturated heterocycles. The first-order valence-electron chi connectivity index (χ1n) is 13.3. The second-order valence-electron chi connectivity index (χ2n) is 9.68. The molecule has 6 unspecified atom stereocenters. The Bertz CT molecular complexity index is 1090. The van der Waals surface area contributed by atoms with Gasteiger partial charge in [0.1, 0.15) is 31.5 Å². The van der Waals surface area contributed by atoms with Crippen molar-refractivity contribution in [1.82, 2.24) is 0 Å². The van der Waals surface area contributed by atoms with Crippen LogP contribution in [0.4, 0.5) is 0 Å². The first-order chi connectivity index (χ1) is 20.5. The zero-order valence-electron chi connectivity index (χ0n) is 25.1. The highest BCUT2D eigenvalue weighted by Gasteiger charge is 2.57. The minimum atomic E-state index is -1.90. The second kappa shape index (κ2) is 16.3. The maximum atomic E-state index is 12.2. The standard InChI is InChI=1S/C26H36O18/c1-10(27)35-8-17-20(21(38-13(4)30)23(25(34)42-17)40-15(6)32)44-26-24(41-16(7)33)22(39-14(5)31)19(37-12(3)29)18(43-26)9-36-11(2)28/h17-26,34H,8-9H2,1-7H3/t17?,18?,19-,20-,21?,22?,23?,24?,25+,26-/m1/s1. The lowest BCUT2D eigenvalue weighted by Gasteiger charge is -2.48. The third kappa shape index (κ3) is 10.7. The summed E-state index contributed by atoms with van der Waals surface area (Å²) in [6.45, 7) is 6.11. The maximum absolute atomic E-state index is 12.2. The quantitative estimate of drug-likeness (QED) is 0.203. The van der Waals surface area contributed by atoms with Crippen LogP contribution in [0.3, 0.4) is 0 Å². The summed E-state index contributed by atoms with van der Waals surface area (Å²) < 4.78 is 54.1. The molecule has 0 aromatic rings. The molecule has 0 amide bonds. The molecule has 2 aliphatic rings. The van der Waals surface area contributed by atoms with Crippen LogP contribution in [0.5, 0.6) is 0 Å². The summed E-state index contributed by atoms with van der Waals surface area (Å²) in [5.41, 5.74) is 0. The van der Waals surface area contributed by atoms with Gasteiger partial charge in [0.25, 0.3) is 0 Å². The SMILES string of the molecule is CC(=O)OCC1O[C@H](O[C@@H]2C(COC(C)=O)O[C@H](O)C(OC(C)=O)C2OC(C)=O)C(OC(C)=O)C(OC(C)=O)[C@@H]1OC(C)=O. The van der Waals surface area contributed by atoms with Gasteiger partial charge in [0.15, 0.2) is 43.1 Å². The van der Waals surface area contributed by atoms with Crippen molar-refractivity contribution in [3.63, 3.8) is 0 Å². The van der Waals surface area contributed by atoms with Crippen molar-refractivity contribution in [1.29, 1.82) is 0 Å². The summed E-state index contributed by atoms with van der Waals surface area (Å²) in [7, 11) is 0. The van der Waals surface area contributed by atoms with Gasteiger partial charge in [0.2, 0.25) is 0 Å². The van der Waals surface area contributed by atoms with Gasteiger partial charge in [-0.3, -0.25) is 33.6 Å². The lowest BCUT2D eigenvalue weighted by molar-refractivity contribution is -0.357. The van der Waals surface area contributed by atoms with E-state index in [0.717, 1.165) is 48.5 Å². The van der Waals surface area contributed by atoms with Gasteiger partial charge in [0.05, 0.1) is 0 Å². The number of carbonyl (C=O) groups is 7. The molecule has 0 aromatic heterocycles. The van der Waals surface area contributed by atoms with Crippen LogP contribution in [0.15, 0.2) is 0 Å². The van der Waals surface area contributed by atoms with Crippen LogP contribution in [0.25, 0.3) is 0 Å². The van der Waals surface area contributed by atoms with Crippen LogP contribution in [0.1, 0.15) is 48.5 Å². The summed E-state index contributed by atoms with van der Waals surface area (Å²) in [5.74, 6) is -6.03. The number of carbonyl (C=O) groups excluding carboxylic acids is 7. The molecule has 2 fully saturated rings. The van der Waals surface area contributed by atoms with E-state index in [9.17, 15) is 38.7 Å². The van der Waals surface area contributed by atoms with Crippen molar-refractivity contribution in [3.05, 3.63) is 0 Å². The van der Waals surface area contributed by atoms with E-state index in [0.29, 0.717) is 0 Å². The molecule has 2 rings (SSSR count). The van der Waals surface area contributed by atoms with Crippen molar-refractivity contribution in [2.75, 3.05) is 13.2 Å². The Balaban J connectivity index is 2.66. The smallest absolute Gasteiger partial charge is 0.303 e. The summed E-state index contributed by atoms with van der Waals surface area (Å²) in [5, 5.41) is 10.6. The monoisotopic (exact) mass is 636 g/mol. The molecular weight excluding hydrogens is 600 g/mol. The van der Waals surface area contributed by atoms with Crippen LogP contribution in [0.2, 0.25) is 0 Å². The predicted octanol–water partition coefficient (Wildman–Crippen LogP) is -1.40. The van der Waals surface area contributed by atoms with E-state index in [1.54, 1.807) is 0 Å². The number of rotatable bonds is 11. The van der Waals surface area contributed by atoms with E-state index in [4.69, 9.17) is 47.4 Å². The summed E-state index contributed by atoms with van der Waals surface area (Å²) in [6, 6.07) is 0. The van der Waals surface area contributed by atoms with Gasteiger partial charge in [-0.2, -0.15) is 0 Å².